The minimum Gasteiger partial charge on any atom is -0.482 e. The van der Waals surface area contributed by atoms with E-state index in [1.54, 1.807) is 6.20 Å². The van der Waals surface area contributed by atoms with E-state index in [9.17, 15) is 4.79 Å². The van der Waals surface area contributed by atoms with E-state index < -0.39 is 5.60 Å². The maximum absolute atomic E-state index is 11.8. The van der Waals surface area contributed by atoms with Crippen molar-refractivity contribution in [3.05, 3.63) is 95.3 Å². The Balaban J connectivity index is 1.88. The Kier molecular flexibility index (Phi) is 6.49. The van der Waals surface area contributed by atoms with Crippen LogP contribution in [0.2, 0.25) is 0 Å². The van der Waals surface area contributed by atoms with Gasteiger partial charge in [-0.3, -0.25) is 4.98 Å². The van der Waals surface area contributed by atoms with E-state index in [2.05, 4.69) is 37.9 Å². The summed E-state index contributed by atoms with van der Waals surface area (Å²) in [5, 5.41) is 0. The third kappa shape index (κ3) is 4.63. The lowest BCUT2D eigenvalue weighted by Crippen LogP contribution is -2.30. The van der Waals surface area contributed by atoms with Crippen LogP contribution in [0.5, 0.6) is 5.75 Å². The van der Waals surface area contributed by atoms with E-state index >= 15 is 0 Å². The Labute approximate surface area is 185 Å². The third-order valence-electron chi connectivity index (χ3n) is 6.17. The zero-order valence-electron chi connectivity index (χ0n) is 19.2. The standard InChI is InChI=1S/C27H31NO3/c1-19(2)27(5,21-12-10-20(11-13-21)25(29)30-6)22-14-16-23(17-15-22)31-26(3,4)24-9-7-8-18-28-24/h7-19H,1-6H3. The highest BCUT2D eigenvalue weighted by atomic mass is 16.5. The maximum atomic E-state index is 11.8. The summed E-state index contributed by atoms with van der Waals surface area (Å²) in [6.07, 6.45) is 1.78. The molecule has 162 valence electrons. The van der Waals surface area contributed by atoms with Crippen LogP contribution < -0.4 is 4.74 Å². The van der Waals surface area contributed by atoms with Crippen molar-refractivity contribution in [2.24, 2.45) is 5.92 Å². The quantitative estimate of drug-likeness (QED) is 0.433. The van der Waals surface area contributed by atoms with Crippen LogP contribution in [0.4, 0.5) is 0 Å². The molecular weight excluding hydrogens is 386 g/mol. The number of rotatable bonds is 7. The van der Waals surface area contributed by atoms with Gasteiger partial charge in [-0.25, -0.2) is 4.79 Å². The van der Waals surface area contributed by atoms with Crippen molar-refractivity contribution in [1.82, 2.24) is 4.98 Å². The lowest BCUT2D eigenvalue weighted by molar-refractivity contribution is 0.0600. The first-order chi connectivity index (χ1) is 14.7. The lowest BCUT2D eigenvalue weighted by Gasteiger charge is -2.35. The molecule has 1 aromatic heterocycles. The normalized spacial score (nSPS) is 13.5. The lowest BCUT2D eigenvalue weighted by atomic mass is 9.68. The van der Waals surface area contributed by atoms with Crippen LogP contribution in [-0.4, -0.2) is 18.1 Å². The van der Waals surface area contributed by atoms with Crippen LogP contribution in [0.3, 0.4) is 0 Å². The third-order valence-corrected chi connectivity index (χ3v) is 6.17. The minimum absolute atomic E-state index is 0.219. The van der Waals surface area contributed by atoms with E-state index in [4.69, 9.17) is 9.47 Å². The Morgan fingerprint density at radius 1 is 0.871 bits per heavy atom. The van der Waals surface area contributed by atoms with Crippen LogP contribution in [-0.2, 0) is 15.8 Å². The second-order valence-electron chi connectivity index (χ2n) is 8.78. The van der Waals surface area contributed by atoms with Gasteiger partial charge in [0, 0.05) is 11.6 Å². The van der Waals surface area contributed by atoms with E-state index in [0.29, 0.717) is 11.5 Å². The van der Waals surface area contributed by atoms with Gasteiger partial charge in [-0.1, -0.05) is 51.1 Å². The molecule has 1 atom stereocenters. The van der Waals surface area contributed by atoms with Crippen LogP contribution >= 0.6 is 0 Å². The molecule has 0 aliphatic rings. The van der Waals surface area contributed by atoms with Gasteiger partial charge in [0.1, 0.15) is 11.4 Å². The van der Waals surface area contributed by atoms with Gasteiger partial charge < -0.3 is 9.47 Å². The second kappa shape index (κ2) is 8.93. The zero-order valence-corrected chi connectivity index (χ0v) is 19.2. The van der Waals surface area contributed by atoms with Gasteiger partial charge in [0.25, 0.3) is 0 Å². The first-order valence-corrected chi connectivity index (χ1v) is 10.6. The minimum atomic E-state index is -0.534. The van der Waals surface area contributed by atoms with E-state index in [1.165, 1.54) is 12.7 Å². The number of hydrogen-bond acceptors (Lipinski definition) is 4. The van der Waals surface area contributed by atoms with Gasteiger partial charge in [0.15, 0.2) is 0 Å². The summed E-state index contributed by atoms with van der Waals surface area (Å²) in [6, 6.07) is 21.8. The molecule has 0 saturated carbocycles. The number of pyridine rings is 1. The molecule has 1 heterocycles. The van der Waals surface area contributed by atoms with Gasteiger partial charge in [-0.15, -0.1) is 0 Å². The van der Waals surface area contributed by atoms with Gasteiger partial charge in [0.2, 0.25) is 0 Å². The average molecular weight is 418 g/mol. The van der Waals surface area contributed by atoms with Crippen molar-refractivity contribution < 1.29 is 14.3 Å². The monoisotopic (exact) mass is 417 g/mol. The van der Waals surface area contributed by atoms with Crippen LogP contribution in [0.15, 0.2) is 72.9 Å². The second-order valence-corrected chi connectivity index (χ2v) is 8.78. The Bertz CT molecular complexity index is 1010. The summed E-state index contributed by atoms with van der Waals surface area (Å²) in [5.41, 5.74) is 3.03. The van der Waals surface area contributed by atoms with Crippen LogP contribution in [0.1, 0.15) is 61.8 Å². The summed E-state index contributed by atoms with van der Waals surface area (Å²) in [6.45, 7) is 10.7. The average Bonchev–Trinajstić information content (AvgIpc) is 2.79. The Morgan fingerprint density at radius 3 is 1.94 bits per heavy atom. The number of carbonyl (C=O) groups is 1. The Morgan fingerprint density at radius 2 is 1.45 bits per heavy atom. The maximum Gasteiger partial charge on any atom is 0.337 e. The van der Waals surface area contributed by atoms with Crippen molar-refractivity contribution in [2.45, 2.75) is 45.6 Å². The predicted octanol–water partition coefficient (Wildman–Crippen LogP) is 6.14. The molecule has 0 N–H and O–H groups in total. The molecule has 0 spiro atoms. The molecule has 0 fully saturated rings. The summed E-state index contributed by atoms with van der Waals surface area (Å²) >= 11 is 0. The number of hydrogen-bond donors (Lipinski definition) is 0. The van der Waals surface area contributed by atoms with Crippen LogP contribution in [0, 0.1) is 5.92 Å². The smallest absolute Gasteiger partial charge is 0.337 e. The van der Waals surface area contributed by atoms with Crippen LogP contribution in [0.25, 0.3) is 0 Å². The topological polar surface area (TPSA) is 48.4 Å². The molecule has 4 nitrogen and oxygen atoms in total. The SMILES string of the molecule is COC(=O)c1ccc(C(C)(c2ccc(OC(C)(C)c3ccccn3)cc2)C(C)C)cc1. The molecule has 0 saturated heterocycles. The number of benzene rings is 2. The Hall–Kier alpha value is -3.14. The van der Waals surface area contributed by atoms with Crippen molar-refractivity contribution in [1.29, 1.82) is 0 Å². The van der Waals surface area contributed by atoms with Gasteiger partial charge in [-0.05, 0) is 67.3 Å². The van der Waals surface area contributed by atoms with E-state index in [0.717, 1.165) is 17.0 Å². The first-order valence-electron chi connectivity index (χ1n) is 10.6. The number of esters is 1. The van der Waals surface area contributed by atoms with E-state index in [-0.39, 0.29) is 11.4 Å². The van der Waals surface area contributed by atoms with Gasteiger partial charge in [-0.2, -0.15) is 0 Å². The predicted molar refractivity (Wildman–Crippen MR) is 123 cm³/mol. The largest absolute Gasteiger partial charge is 0.482 e. The molecule has 2 aromatic carbocycles. The molecule has 0 bridgehead atoms. The molecule has 0 radical (unpaired) electrons. The molecule has 1 unspecified atom stereocenters. The van der Waals surface area contributed by atoms with Crippen molar-refractivity contribution in [2.75, 3.05) is 7.11 Å². The summed E-state index contributed by atoms with van der Waals surface area (Å²) in [4.78, 5) is 16.2. The zero-order chi connectivity index (χ0) is 22.6. The highest BCUT2D eigenvalue weighted by Crippen LogP contribution is 2.40. The number of ether oxygens (including phenoxy) is 2. The highest BCUT2D eigenvalue weighted by Gasteiger charge is 2.33. The molecule has 3 rings (SSSR count). The highest BCUT2D eigenvalue weighted by molar-refractivity contribution is 5.89. The number of carbonyl (C=O) groups excluding carboxylic acids is 1. The first kappa shape index (κ1) is 22.5. The molecule has 0 aliphatic heterocycles. The van der Waals surface area contributed by atoms with Crippen molar-refractivity contribution >= 4 is 5.97 Å². The number of nitrogens with zero attached hydrogens (tertiary/aromatic N) is 1. The number of methoxy groups -OCH3 is 1. The summed E-state index contributed by atoms with van der Waals surface area (Å²) in [5.74, 6) is 0.814. The van der Waals surface area contributed by atoms with Crippen molar-refractivity contribution in [3.8, 4) is 5.75 Å². The summed E-state index contributed by atoms with van der Waals surface area (Å²) in [7, 11) is 1.40. The summed E-state index contributed by atoms with van der Waals surface area (Å²) < 4.78 is 11.1. The van der Waals surface area contributed by atoms with E-state index in [1.807, 2.05) is 68.4 Å². The molecule has 3 aromatic rings. The fourth-order valence-corrected chi connectivity index (χ4v) is 3.84. The fraction of sp³-hybridized carbons (Fsp3) is 0.333. The van der Waals surface area contributed by atoms with Gasteiger partial charge >= 0.3 is 5.97 Å². The molecule has 31 heavy (non-hydrogen) atoms. The van der Waals surface area contributed by atoms with Gasteiger partial charge in [0.05, 0.1) is 18.4 Å². The molecule has 0 amide bonds. The molecule has 0 aliphatic carbocycles. The van der Waals surface area contributed by atoms with Crippen molar-refractivity contribution in [3.63, 3.8) is 0 Å². The fourth-order valence-electron chi connectivity index (χ4n) is 3.84. The molecule has 4 heteroatoms. The number of aromatic nitrogens is 1. The molecular formula is C27H31NO3.